The summed E-state index contributed by atoms with van der Waals surface area (Å²) < 4.78 is 6.22. The third-order valence-corrected chi connectivity index (χ3v) is 8.22. The monoisotopic (exact) mass is 568 g/mol. The number of halogens is 1. The molecule has 0 aliphatic carbocycles. The number of hydrogen-bond donors (Lipinski definition) is 1. The fraction of sp³-hybridized carbons (Fsp3) is 0.464. The first kappa shape index (κ1) is 25.6. The number of primary amides is 1. The standard InChI is InChI=1S/C28H33BrN4O4/c1-27(2,3)37-26(36)32-17-9-10-18(32)15-31(14-17)16-11-12-19-22(13-16)33(25(35)28(19,4)5)21-8-6-7-20(29)23(21)24(30)34/h6-8,11-13,17-18H,9-10,14-15H2,1-5H3,(H2,30,34). The van der Waals surface area contributed by atoms with E-state index in [0.29, 0.717) is 23.2 Å². The fourth-order valence-corrected chi connectivity index (χ4v) is 6.39. The Bertz CT molecular complexity index is 1290. The van der Waals surface area contributed by atoms with Gasteiger partial charge in [0.25, 0.3) is 5.91 Å². The Morgan fingerprint density at radius 3 is 2.30 bits per heavy atom. The fourth-order valence-electron chi connectivity index (χ4n) is 5.84. The van der Waals surface area contributed by atoms with Gasteiger partial charge in [0.1, 0.15) is 5.60 Å². The predicted octanol–water partition coefficient (Wildman–Crippen LogP) is 5.09. The molecule has 3 aliphatic heterocycles. The molecule has 2 bridgehead atoms. The molecular weight excluding hydrogens is 536 g/mol. The van der Waals surface area contributed by atoms with Crippen molar-refractivity contribution in [3.05, 3.63) is 52.0 Å². The van der Waals surface area contributed by atoms with Gasteiger partial charge >= 0.3 is 6.09 Å². The Balaban J connectivity index is 1.50. The summed E-state index contributed by atoms with van der Waals surface area (Å²) in [6.45, 7) is 10.8. The minimum absolute atomic E-state index is 0.0718. The van der Waals surface area contributed by atoms with Gasteiger partial charge in [-0.25, -0.2) is 4.79 Å². The van der Waals surface area contributed by atoms with Crippen molar-refractivity contribution in [3.8, 4) is 0 Å². The van der Waals surface area contributed by atoms with E-state index in [4.69, 9.17) is 10.5 Å². The van der Waals surface area contributed by atoms with E-state index < -0.39 is 16.9 Å². The van der Waals surface area contributed by atoms with Crippen molar-refractivity contribution in [2.24, 2.45) is 5.73 Å². The van der Waals surface area contributed by atoms with E-state index in [0.717, 1.165) is 29.8 Å². The lowest BCUT2D eigenvalue weighted by molar-refractivity contribution is -0.121. The van der Waals surface area contributed by atoms with E-state index in [1.807, 2.05) is 51.7 Å². The molecule has 2 saturated heterocycles. The van der Waals surface area contributed by atoms with Crippen molar-refractivity contribution >= 4 is 50.9 Å². The van der Waals surface area contributed by atoms with Crippen molar-refractivity contribution in [1.29, 1.82) is 0 Å². The number of ether oxygens (including phenoxy) is 1. The van der Waals surface area contributed by atoms with Crippen LogP contribution in [0.5, 0.6) is 0 Å². The summed E-state index contributed by atoms with van der Waals surface area (Å²) in [4.78, 5) is 44.7. The summed E-state index contributed by atoms with van der Waals surface area (Å²) in [5.41, 5.74) is 7.77. The molecule has 2 aromatic rings. The summed E-state index contributed by atoms with van der Waals surface area (Å²) in [6.07, 6.45) is 1.62. The van der Waals surface area contributed by atoms with E-state index in [1.54, 1.807) is 23.1 Å². The van der Waals surface area contributed by atoms with Gasteiger partial charge in [-0.15, -0.1) is 0 Å². The molecule has 0 spiro atoms. The molecule has 2 aromatic carbocycles. The second-order valence-corrected chi connectivity index (χ2v) is 12.5. The Morgan fingerprint density at radius 2 is 1.70 bits per heavy atom. The van der Waals surface area contributed by atoms with Crippen LogP contribution in [0.25, 0.3) is 0 Å². The average molecular weight is 570 g/mol. The van der Waals surface area contributed by atoms with E-state index in [-0.39, 0.29) is 29.6 Å². The van der Waals surface area contributed by atoms with Crippen LogP contribution in [0.1, 0.15) is 63.4 Å². The summed E-state index contributed by atoms with van der Waals surface area (Å²) >= 11 is 3.43. The van der Waals surface area contributed by atoms with Gasteiger partial charge in [0, 0.05) is 23.2 Å². The number of nitrogens with two attached hydrogens (primary N) is 1. The van der Waals surface area contributed by atoms with Gasteiger partial charge in [0.2, 0.25) is 5.91 Å². The van der Waals surface area contributed by atoms with E-state index in [2.05, 4.69) is 26.9 Å². The quantitative estimate of drug-likeness (QED) is 0.556. The third kappa shape index (κ3) is 4.27. The normalized spacial score (nSPS) is 22.3. The van der Waals surface area contributed by atoms with Gasteiger partial charge in [-0.2, -0.15) is 0 Å². The van der Waals surface area contributed by atoms with Gasteiger partial charge in [0.15, 0.2) is 0 Å². The SMILES string of the molecule is CC(C)(C)OC(=O)N1C2CCC1CN(c1ccc3c(c1)N(c1cccc(Br)c1C(N)=O)C(=O)C3(C)C)C2. The van der Waals surface area contributed by atoms with Crippen LogP contribution in [0.4, 0.5) is 21.9 Å². The zero-order valence-electron chi connectivity index (χ0n) is 21.9. The maximum absolute atomic E-state index is 13.7. The molecule has 5 rings (SSSR count). The van der Waals surface area contributed by atoms with Crippen LogP contribution in [0.15, 0.2) is 40.9 Å². The molecule has 3 heterocycles. The Morgan fingerprint density at radius 1 is 1.05 bits per heavy atom. The smallest absolute Gasteiger partial charge is 0.410 e. The molecule has 2 N–H and O–H groups in total. The van der Waals surface area contributed by atoms with Crippen LogP contribution < -0.4 is 15.5 Å². The first-order valence-corrected chi connectivity index (χ1v) is 13.4. The van der Waals surface area contributed by atoms with E-state index in [1.165, 1.54) is 0 Å². The highest BCUT2D eigenvalue weighted by Crippen LogP contribution is 2.48. The molecule has 2 unspecified atom stereocenters. The maximum Gasteiger partial charge on any atom is 0.410 e. The molecule has 3 amide bonds. The zero-order valence-corrected chi connectivity index (χ0v) is 23.5. The molecule has 196 valence electrons. The van der Waals surface area contributed by atoms with Gasteiger partial charge in [0.05, 0.1) is 34.4 Å². The Labute approximate surface area is 225 Å². The second-order valence-electron chi connectivity index (χ2n) is 11.6. The summed E-state index contributed by atoms with van der Waals surface area (Å²) in [6, 6.07) is 11.5. The number of carbonyl (C=O) groups is 3. The van der Waals surface area contributed by atoms with Crippen LogP contribution in [0, 0.1) is 0 Å². The lowest BCUT2D eigenvalue weighted by atomic mass is 9.86. The number of hydrogen-bond acceptors (Lipinski definition) is 5. The molecule has 8 nitrogen and oxygen atoms in total. The van der Waals surface area contributed by atoms with Crippen LogP contribution >= 0.6 is 15.9 Å². The number of carbonyl (C=O) groups excluding carboxylic acids is 3. The molecular formula is C28H33BrN4O4. The average Bonchev–Trinajstić information content (AvgIpc) is 3.18. The number of anilines is 3. The predicted molar refractivity (Wildman–Crippen MR) is 146 cm³/mol. The van der Waals surface area contributed by atoms with Crippen LogP contribution in [-0.4, -0.2) is 53.6 Å². The summed E-state index contributed by atoms with van der Waals surface area (Å²) in [5.74, 6) is -0.720. The molecule has 2 fully saturated rings. The minimum atomic E-state index is -0.764. The van der Waals surface area contributed by atoms with Gasteiger partial charge in [-0.1, -0.05) is 12.1 Å². The lowest BCUT2D eigenvalue weighted by Crippen LogP contribution is -2.56. The third-order valence-electron chi connectivity index (χ3n) is 7.56. The van der Waals surface area contributed by atoms with Crippen molar-refractivity contribution < 1.29 is 19.1 Å². The van der Waals surface area contributed by atoms with Crippen molar-refractivity contribution in [1.82, 2.24) is 4.90 Å². The number of fused-ring (bicyclic) bond motifs is 3. The number of nitrogens with zero attached hydrogens (tertiary/aromatic N) is 3. The molecule has 0 aromatic heterocycles. The van der Waals surface area contributed by atoms with Gasteiger partial charge in [-0.3, -0.25) is 19.4 Å². The largest absolute Gasteiger partial charge is 0.444 e. The van der Waals surface area contributed by atoms with Crippen LogP contribution in [-0.2, 0) is 14.9 Å². The van der Waals surface area contributed by atoms with Crippen molar-refractivity contribution in [2.75, 3.05) is 22.9 Å². The van der Waals surface area contributed by atoms with Crippen molar-refractivity contribution in [3.63, 3.8) is 0 Å². The molecule has 2 atom stereocenters. The Kier molecular flexibility index (Phi) is 6.05. The highest BCUT2D eigenvalue weighted by Gasteiger charge is 2.47. The topological polar surface area (TPSA) is 96.2 Å². The maximum atomic E-state index is 13.7. The lowest BCUT2D eigenvalue weighted by Gasteiger charge is -2.42. The summed E-state index contributed by atoms with van der Waals surface area (Å²) in [5, 5.41) is 0. The zero-order chi connectivity index (χ0) is 26.9. The highest BCUT2D eigenvalue weighted by molar-refractivity contribution is 9.10. The number of rotatable bonds is 3. The minimum Gasteiger partial charge on any atom is -0.444 e. The van der Waals surface area contributed by atoms with E-state index >= 15 is 0 Å². The van der Waals surface area contributed by atoms with Crippen LogP contribution in [0.2, 0.25) is 0 Å². The number of amides is 3. The molecule has 0 saturated carbocycles. The second kappa shape index (κ2) is 8.75. The van der Waals surface area contributed by atoms with Crippen LogP contribution in [0.3, 0.4) is 0 Å². The van der Waals surface area contributed by atoms with Gasteiger partial charge < -0.3 is 15.4 Å². The first-order valence-electron chi connectivity index (χ1n) is 12.6. The molecule has 9 heteroatoms. The van der Waals surface area contributed by atoms with Crippen molar-refractivity contribution in [2.45, 2.75) is 70.6 Å². The molecule has 37 heavy (non-hydrogen) atoms. The van der Waals surface area contributed by atoms with Gasteiger partial charge in [-0.05, 0) is 93.2 Å². The van der Waals surface area contributed by atoms with E-state index in [9.17, 15) is 14.4 Å². The first-order chi connectivity index (χ1) is 17.3. The molecule has 0 radical (unpaired) electrons. The summed E-state index contributed by atoms with van der Waals surface area (Å²) in [7, 11) is 0. The number of benzene rings is 2. The molecule has 3 aliphatic rings. The highest BCUT2D eigenvalue weighted by atomic mass is 79.9. The number of piperazine rings is 1. The Hall–Kier alpha value is -3.07.